The fourth-order valence-electron chi connectivity index (χ4n) is 3.99. The van der Waals surface area contributed by atoms with Crippen molar-refractivity contribution in [1.82, 2.24) is 10.3 Å². The minimum atomic E-state index is -0.845. The van der Waals surface area contributed by atoms with Crippen LogP contribution in [0.1, 0.15) is 28.5 Å². The van der Waals surface area contributed by atoms with Crippen LogP contribution in [0, 0.1) is 0 Å². The molecule has 6 nitrogen and oxygen atoms in total. The van der Waals surface area contributed by atoms with Crippen molar-refractivity contribution in [2.75, 3.05) is 11.6 Å². The fraction of sp³-hybridized carbons (Fsp3) is 0.115. The van der Waals surface area contributed by atoms with Crippen molar-refractivity contribution in [3.63, 3.8) is 0 Å². The molecule has 2 heterocycles. The van der Waals surface area contributed by atoms with E-state index < -0.39 is 6.10 Å². The molecule has 0 spiro atoms. The Kier molecular flexibility index (Phi) is 6.20. The van der Waals surface area contributed by atoms with Crippen LogP contribution in [0.25, 0.3) is 10.8 Å². The lowest BCUT2D eigenvalue weighted by Crippen LogP contribution is -2.41. The van der Waals surface area contributed by atoms with Crippen molar-refractivity contribution >= 4 is 51.9 Å². The predicted molar refractivity (Wildman–Crippen MR) is 136 cm³/mol. The van der Waals surface area contributed by atoms with Crippen molar-refractivity contribution < 1.29 is 9.90 Å². The van der Waals surface area contributed by atoms with Crippen LogP contribution in [-0.4, -0.2) is 28.9 Å². The third-order valence-corrected chi connectivity index (χ3v) is 6.42. The summed E-state index contributed by atoms with van der Waals surface area (Å²) < 4.78 is 0. The SMILES string of the molecule is O=C1NCC=NN1c1cc(Cl)c(Cc2ccc(C(O)c3nccc4ccccc34)cc2)c(Cl)c1. The molecule has 5 rings (SSSR count). The zero-order chi connectivity index (χ0) is 23.7. The van der Waals surface area contributed by atoms with E-state index in [0.717, 1.165) is 27.5 Å². The number of hydrogen-bond acceptors (Lipinski definition) is 4. The summed E-state index contributed by atoms with van der Waals surface area (Å²) in [5.41, 5.74) is 3.59. The van der Waals surface area contributed by atoms with Gasteiger partial charge < -0.3 is 10.4 Å². The molecule has 2 N–H and O–H groups in total. The van der Waals surface area contributed by atoms with Crippen molar-refractivity contribution in [2.24, 2.45) is 5.10 Å². The third kappa shape index (κ3) is 4.35. The van der Waals surface area contributed by atoms with Crippen molar-refractivity contribution in [3.05, 3.63) is 105 Å². The van der Waals surface area contributed by atoms with Gasteiger partial charge >= 0.3 is 6.03 Å². The van der Waals surface area contributed by atoms with E-state index in [4.69, 9.17) is 23.2 Å². The lowest BCUT2D eigenvalue weighted by Gasteiger charge is -2.22. The Morgan fingerprint density at radius 3 is 2.50 bits per heavy atom. The van der Waals surface area contributed by atoms with Crippen molar-refractivity contribution in [2.45, 2.75) is 12.5 Å². The molecule has 170 valence electrons. The number of rotatable bonds is 5. The van der Waals surface area contributed by atoms with Gasteiger partial charge in [0.1, 0.15) is 6.10 Å². The number of urea groups is 1. The molecule has 0 radical (unpaired) electrons. The van der Waals surface area contributed by atoms with Crippen LogP contribution in [-0.2, 0) is 6.42 Å². The number of benzene rings is 3. The molecule has 1 aliphatic rings. The van der Waals surface area contributed by atoms with Gasteiger partial charge in [-0.3, -0.25) is 4.98 Å². The number of nitrogens with one attached hydrogen (secondary N) is 1. The second-order valence-electron chi connectivity index (χ2n) is 7.92. The van der Waals surface area contributed by atoms with Gasteiger partial charge in [-0.05, 0) is 40.3 Å². The highest BCUT2D eigenvalue weighted by Crippen LogP contribution is 2.34. The average molecular weight is 491 g/mol. The normalized spacial score (nSPS) is 14.3. The molecule has 2 amide bonds. The number of nitrogens with zero attached hydrogens (tertiary/aromatic N) is 3. The number of anilines is 1. The smallest absolute Gasteiger partial charge is 0.342 e. The van der Waals surface area contributed by atoms with E-state index in [9.17, 15) is 9.90 Å². The molecule has 1 atom stereocenters. The number of pyridine rings is 1. The molecule has 8 heteroatoms. The van der Waals surface area contributed by atoms with Gasteiger partial charge in [-0.25, -0.2) is 4.79 Å². The Labute approximate surface area is 206 Å². The molecule has 0 saturated carbocycles. The zero-order valence-corrected chi connectivity index (χ0v) is 19.5. The maximum Gasteiger partial charge on any atom is 0.342 e. The highest BCUT2D eigenvalue weighted by molar-refractivity contribution is 6.36. The third-order valence-electron chi connectivity index (χ3n) is 5.74. The van der Waals surface area contributed by atoms with Crippen LogP contribution < -0.4 is 10.3 Å². The second kappa shape index (κ2) is 9.43. The molecule has 1 aliphatic heterocycles. The number of carbonyl (C=O) groups is 1. The Balaban J connectivity index is 1.38. The maximum atomic E-state index is 12.0. The summed E-state index contributed by atoms with van der Waals surface area (Å²) in [5.74, 6) is 0. The first-order valence-electron chi connectivity index (χ1n) is 10.7. The van der Waals surface area contributed by atoms with Gasteiger partial charge in [-0.15, -0.1) is 0 Å². The Bertz CT molecular complexity index is 1380. The molecule has 1 unspecified atom stereocenters. The quantitative estimate of drug-likeness (QED) is 0.374. The number of hydrogen-bond donors (Lipinski definition) is 2. The molecule has 4 aromatic rings. The number of aliphatic hydroxyl groups excluding tert-OH is 1. The maximum absolute atomic E-state index is 12.0. The molecule has 3 aromatic carbocycles. The molecular formula is C26H20Cl2N4O2. The van der Waals surface area contributed by atoms with E-state index in [1.165, 1.54) is 5.01 Å². The molecule has 0 saturated heterocycles. The Hall–Kier alpha value is -3.45. The standard InChI is InChI=1S/C26H20Cl2N4O2/c27-22-14-19(32-26(34)30-11-12-31-32)15-23(28)21(22)13-16-5-7-18(8-6-16)25(33)24-20-4-2-1-3-17(20)9-10-29-24/h1-10,12,14-15,25,33H,11,13H2,(H,30,34). The van der Waals surface area contributed by atoms with Gasteiger partial charge in [0.2, 0.25) is 0 Å². The number of carbonyl (C=O) groups excluding carboxylic acids is 1. The fourth-order valence-corrected chi connectivity index (χ4v) is 4.60. The van der Waals surface area contributed by atoms with Gasteiger partial charge in [0, 0.05) is 34.3 Å². The number of amides is 2. The lowest BCUT2D eigenvalue weighted by atomic mass is 9.98. The number of aromatic nitrogens is 1. The molecule has 34 heavy (non-hydrogen) atoms. The first-order chi connectivity index (χ1) is 16.5. The van der Waals surface area contributed by atoms with Crippen molar-refractivity contribution in [3.8, 4) is 0 Å². The summed E-state index contributed by atoms with van der Waals surface area (Å²) in [5, 5.41) is 21.8. The van der Waals surface area contributed by atoms with E-state index in [2.05, 4.69) is 15.4 Å². The van der Waals surface area contributed by atoms with Gasteiger partial charge in [-0.1, -0.05) is 71.7 Å². The van der Waals surface area contributed by atoms with Crippen LogP contribution in [0.2, 0.25) is 10.0 Å². The van der Waals surface area contributed by atoms with Gasteiger partial charge in [-0.2, -0.15) is 10.1 Å². The van der Waals surface area contributed by atoms with Crippen LogP contribution in [0.15, 0.2) is 78.0 Å². The van der Waals surface area contributed by atoms with Crippen molar-refractivity contribution in [1.29, 1.82) is 0 Å². The highest BCUT2D eigenvalue weighted by atomic mass is 35.5. The van der Waals surface area contributed by atoms with Gasteiger partial charge in [0.05, 0.1) is 17.9 Å². The molecular weight excluding hydrogens is 471 g/mol. The largest absolute Gasteiger partial charge is 0.382 e. The first kappa shape index (κ1) is 22.3. The van der Waals surface area contributed by atoms with E-state index in [0.29, 0.717) is 34.4 Å². The highest BCUT2D eigenvalue weighted by Gasteiger charge is 2.20. The molecule has 0 aliphatic carbocycles. The molecule has 0 bridgehead atoms. The molecule has 1 aromatic heterocycles. The van der Waals surface area contributed by atoms with E-state index in [-0.39, 0.29) is 6.03 Å². The Morgan fingerprint density at radius 1 is 1.03 bits per heavy atom. The Morgan fingerprint density at radius 2 is 1.76 bits per heavy atom. The average Bonchev–Trinajstić information content (AvgIpc) is 2.86. The lowest BCUT2D eigenvalue weighted by molar-refractivity contribution is 0.217. The summed E-state index contributed by atoms with van der Waals surface area (Å²) in [6.07, 6.45) is 2.96. The van der Waals surface area contributed by atoms with Gasteiger partial charge in [0.15, 0.2) is 0 Å². The van der Waals surface area contributed by atoms with E-state index in [1.54, 1.807) is 24.5 Å². The monoisotopic (exact) mass is 490 g/mol. The number of fused-ring (bicyclic) bond motifs is 1. The predicted octanol–water partition coefficient (Wildman–Crippen LogP) is 5.73. The number of hydrazone groups is 1. The van der Waals surface area contributed by atoms with Crippen LogP contribution in [0.5, 0.6) is 0 Å². The summed E-state index contributed by atoms with van der Waals surface area (Å²) in [4.78, 5) is 16.5. The summed E-state index contributed by atoms with van der Waals surface area (Å²) in [7, 11) is 0. The van der Waals surface area contributed by atoms with Crippen LogP contribution in [0.4, 0.5) is 10.5 Å². The van der Waals surface area contributed by atoms with Gasteiger partial charge in [0.25, 0.3) is 0 Å². The summed E-state index contributed by atoms with van der Waals surface area (Å²) in [6.45, 7) is 0.385. The molecule has 0 fully saturated rings. The number of halogens is 2. The zero-order valence-electron chi connectivity index (χ0n) is 18.0. The number of aliphatic hydroxyl groups is 1. The van der Waals surface area contributed by atoms with Crippen LogP contribution >= 0.6 is 23.2 Å². The topological polar surface area (TPSA) is 77.8 Å². The van der Waals surface area contributed by atoms with E-state index >= 15 is 0 Å². The van der Waals surface area contributed by atoms with E-state index in [1.807, 2.05) is 54.6 Å². The first-order valence-corrected chi connectivity index (χ1v) is 11.5. The second-order valence-corrected chi connectivity index (χ2v) is 8.74. The van der Waals surface area contributed by atoms with Crippen LogP contribution in [0.3, 0.4) is 0 Å². The minimum absolute atomic E-state index is 0.336. The summed E-state index contributed by atoms with van der Waals surface area (Å²) >= 11 is 13.1. The minimum Gasteiger partial charge on any atom is -0.382 e. The summed E-state index contributed by atoms with van der Waals surface area (Å²) in [6, 6.07) is 20.4.